The minimum Gasteiger partial charge on any atom is -0.485 e. The van der Waals surface area contributed by atoms with Gasteiger partial charge in [0.1, 0.15) is 31.6 Å². The molecule has 0 spiro atoms. The highest BCUT2D eigenvalue weighted by Crippen LogP contribution is 2.28. The van der Waals surface area contributed by atoms with Crippen molar-refractivity contribution in [3.8, 4) is 0 Å². The van der Waals surface area contributed by atoms with Gasteiger partial charge in [-0.25, -0.2) is 4.99 Å². The van der Waals surface area contributed by atoms with E-state index in [0.29, 0.717) is 18.3 Å². The van der Waals surface area contributed by atoms with E-state index in [0.717, 1.165) is 0 Å². The summed E-state index contributed by atoms with van der Waals surface area (Å²) in [5, 5.41) is 19.5. The number of aliphatic imine (C=N–C) groups is 1. The Kier molecular flexibility index (Phi) is 2.94. The first-order chi connectivity index (χ1) is 7.66. The lowest BCUT2D eigenvalue weighted by Crippen LogP contribution is -2.44. The Labute approximate surface area is 96.5 Å². The minimum atomic E-state index is -0.960. The molecule has 0 aromatic rings. The number of hydrogen-bond acceptors (Lipinski definition) is 7. The molecule has 0 aromatic heterocycles. The van der Waals surface area contributed by atoms with Crippen LogP contribution in [0.2, 0.25) is 0 Å². The van der Waals surface area contributed by atoms with E-state index in [1.807, 2.05) is 0 Å². The molecule has 4 bridgehead atoms. The first kappa shape index (κ1) is 12.1. The largest absolute Gasteiger partial charge is 0.485 e. The van der Waals surface area contributed by atoms with E-state index in [1.165, 1.54) is 0 Å². The van der Waals surface area contributed by atoms with Crippen LogP contribution in [0.15, 0.2) is 17.0 Å². The molecule has 3 aliphatic rings. The summed E-state index contributed by atoms with van der Waals surface area (Å²) in [5.41, 5.74) is 5.65. The normalized spacial score (nSPS) is 39.3. The number of ether oxygens (including phenoxy) is 2. The topological polar surface area (TPSA) is 101 Å². The fourth-order valence-electron chi connectivity index (χ4n) is 2.07. The van der Waals surface area contributed by atoms with Crippen LogP contribution in [-0.2, 0) is 9.47 Å². The molecule has 0 radical (unpaired) electrons. The Morgan fingerprint density at radius 2 is 2.18 bits per heavy atom. The molecule has 0 amide bonds. The van der Waals surface area contributed by atoms with Crippen molar-refractivity contribution in [1.29, 1.82) is 0 Å². The number of aliphatic hydroxyl groups is 2. The average molecular weight is 247 g/mol. The van der Waals surface area contributed by atoms with Gasteiger partial charge in [-0.1, -0.05) is 0 Å². The number of amidine groups is 1. The molecule has 8 heteroatoms. The van der Waals surface area contributed by atoms with Crippen molar-refractivity contribution < 1.29 is 24.4 Å². The van der Waals surface area contributed by atoms with E-state index in [9.17, 15) is 10.2 Å². The molecule has 1 unspecified atom stereocenters. The Hall–Kier alpha value is -1.38. The lowest BCUT2D eigenvalue weighted by Gasteiger charge is -2.32. The third-order valence-electron chi connectivity index (χ3n) is 3.01. The molecule has 4 N–H and O–H groups in total. The van der Waals surface area contributed by atoms with Crippen LogP contribution in [0.4, 0.5) is 4.70 Å². The minimum absolute atomic E-state index is 0. The molecule has 7 nitrogen and oxygen atoms in total. The van der Waals surface area contributed by atoms with Crippen molar-refractivity contribution in [2.45, 2.75) is 24.5 Å². The summed E-state index contributed by atoms with van der Waals surface area (Å²) in [4.78, 5) is 5.71. The molecular formula is C9H14FN3O4. The van der Waals surface area contributed by atoms with Crippen LogP contribution in [0.25, 0.3) is 0 Å². The van der Waals surface area contributed by atoms with Crippen LogP contribution in [0.5, 0.6) is 0 Å². The monoisotopic (exact) mass is 247 g/mol. The quantitative estimate of drug-likeness (QED) is 0.462. The van der Waals surface area contributed by atoms with Gasteiger partial charge < -0.3 is 30.3 Å². The SMILES string of the molecule is F.NC1=NCN2C=C1OC[C@H]1OC2[C@H](O)[C@@H]1O. The highest BCUT2D eigenvalue weighted by molar-refractivity contribution is 5.95. The zero-order valence-corrected chi connectivity index (χ0v) is 8.89. The van der Waals surface area contributed by atoms with Gasteiger partial charge >= 0.3 is 0 Å². The van der Waals surface area contributed by atoms with E-state index < -0.39 is 24.5 Å². The van der Waals surface area contributed by atoms with Crippen molar-refractivity contribution >= 4 is 5.84 Å². The van der Waals surface area contributed by atoms with Gasteiger partial charge in [0.05, 0.1) is 0 Å². The summed E-state index contributed by atoms with van der Waals surface area (Å²) in [5.74, 6) is 0.798. The van der Waals surface area contributed by atoms with Gasteiger partial charge in [-0.2, -0.15) is 0 Å². The van der Waals surface area contributed by atoms with Crippen molar-refractivity contribution in [3.63, 3.8) is 0 Å². The van der Waals surface area contributed by atoms with Gasteiger partial charge in [-0.05, 0) is 0 Å². The standard InChI is InChI=1S/C9H13N3O4.FH/c10-8-4-1-12(3-11-8)9-7(14)6(13)5(16-9)2-15-4;/h1,5-7,9,13-14H,2-3H2,(H2,10,11);1H/t5-,6-,7-,9?;/m1./s1. The Morgan fingerprint density at radius 3 is 2.94 bits per heavy atom. The molecule has 3 aliphatic heterocycles. The summed E-state index contributed by atoms with van der Waals surface area (Å²) in [6.07, 6.45) is -1.36. The van der Waals surface area contributed by atoms with Crippen LogP contribution in [0.1, 0.15) is 0 Å². The van der Waals surface area contributed by atoms with Gasteiger partial charge in [-0.3, -0.25) is 4.70 Å². The van der Waals surface area contributed by atoms with E-state index in [2.05, 4.69) is 4.99 Å². The molecule has 0 saturated carbocycles. The van der Waals surface area contributed by atoms with Gasteiger partial charge in [0, 0.05) is 6.20 Å². The summed E-state index contributed by atoms with van der Waals surface area (Å²) in [6.45, 7) is 0.449. The third kappa shape index (κ3) is 1.74. The van der Waals surface area contributed by atoms with Crippen LogP contribution in [-0.4, -0.2) is 58.8 Å². The maximum atomic E-state index is 9.81. The first-order valence-corrected chi connectivity index (χ1v) is 5.09. The lowest BCUT2D eigenvalue weighted by molar-refractivity contribution is -0.0921. The number of aliphatic hydroxyl groups excluding tert-OH is 2. The van der Waals surface area contributed by atoms with Crippen molar-refractivity contribution in [3.05, 3.63) is 12.0 Å². The molecule has 3 rings (SSSR count). The zero-order valence-electron chi connectivity index (χ0n) is 8.89. The van der Waals surface area contributed by atoms with E-state index in [-0.39, 0.29) is 11.3 Å². The summed E-state index contributed by atoms with van der Waals surface area (Å²) in [6, 6.07) is 0. The fourth-order valence-corrected chi connectivity index (χ4v) is 2.07. The molecule has 0 aliphatic carbocycles. The molecule has 3 heterocycles. The van der Waals surface area contributed by atoms with Crippen molar-refractivity contribution in [1.82, 2.24) is 4.90 Å². The van der Waals surface area contributed by atoms with Gasteiger partial charge in [0.2, 0.25) is 0 Å². The van der Waals surface area contributed by atoms with E-state index >= 15 is 0 Å². The predicted molar refractivity (Wildman–Crippen MR) is 55.5 cm³/mol. The highest BCUT2D eigenvalue weighted by atomic mass is 19.0. The Balaban J connectivity index is 0.00000108. The van der Waals surface area contributed by atoms with Crippen LogP contribution >= 0.6 is 0 Å². The maximum Gasteiger partial charge on any atom is 0.177 e. The number of fused-ring (bicyclic) bond motifs is 4. The zero-order chi connectivity index (χ0) is 11.3. The number of nitrogens with two attached hydrogens (primary N) is 1. The summed E-state index contributed by atoms with van der Waals surface area (Å²) >= 11 is 0. The molecule has 96 valence electrons. The smallest absolute Gasteiger partial charge is 0.177 e. The van der Waals surface area contributed by atoms with Gasteiger partial charge in [0.25, 0.3) is 0 Å². The second kappa shape index (κ2) is 4.13. The Morgan fingerprint density at radius 1 is 1.41 bits per heavy atom. The first-order valence-electron chi connectivity index (χ1n) is 5.09. The van der Waals surface area contributed by atoms with Crippen molar-refractivity contribution in [2.24, 2.45) is 10.7 Å². The van der Waals surface area contributed by atoms with Gasteiger partial charge in [0.15, 0.2) is 17.8 Å². The molecule has 0 aromatic carbocycles. The van der Waals surface area contributed by atoms with Crippen LogP contribution < -0.4 is 5.73 Å². The van der Waals surface area contributed by atoms with Crippen LogP contribution in [0.3, 0.4) is 0 Å². The Bertz CT molecular complexity index is 375. The second-order valence-corrected chi connectivity index (χ2v) is 4.05. The fraction of sp³-hybridized carbons (Fsp3) is 0.667. The number of hydrogen-bond donors (Lipinski definition) is 3. The van der Waals surface area contributed by atoms with Crippen LogP contribution in [0, 0.1) is 0 Å². The molecule has 4 atom stereocenters. The summed E-state index contributed by atoms with van der Waals surface area (Å²) in [7, 11) is 0. The van der Waals surface area contributed by atoms with E-state index in [4.69, 9.17) is 15.2 Å². The molecule has 1 fully saturated rings. The molecule has 1 saturated heterocycles. The number of rotatable bonds is 0. The van der Waals surface area contributed by atoms with E-state index in [1.54, 1.807) is 11.1 Å². The number of halogens is 1. The predicted octanol–water partition coefficient (Wildman–Crippen LogP) is -1.91. The maximum absolute atomic E-state index is 9.81. The average Bonchev–Trinajstić information content (AvgIpc) is 2.54. The van der Waals surface area contributed by atoms with Crippen molar-refractivity contribution in [2.75, 3.05) is 13.3 Å². The second-order valence-electron chi connectivity index (χ2n) is 4.05. The third-order valence-corrected chi connectivity index (χ3v) is 3.01. The molecular weight excluding hydrogens is 233 g/mol. The number of nitrogens with zero attached hydrogens (tertiary/aromatic N) is 2. The lowest BCUT2D eigenvalue weighted by atomic mass is 10.1. The summed E-state index contributed by atoms with van der Waals surface area (Å²) < 4.78 is 10.9. The van der Waals surface area contributed by atoms with Gasteiger partial charge in [-0.15, -0.1) is 0 Å². The highest BCUT2D eigenvalue weighted by Gasteiger charge is 2.47. The molecule has 17 heavy (non-hydrogen) atoms.